The summed E-state index contributed by atoms with van der Waals surface area (Å²) in [6.45, 7) is 7.59. The highest BCUT2D eigenvalue weighted by Gasteiger charge is 2.25. The molecule has 1 aromatic carbocycles. The molecule has 0 aliphatic rings. The Morgan fingerprint density at radius 1 is 1.15 bits per heavy atom. The second-order valence-corrected chi connectivity index (χ2v) is 8.79. The number of carbonyl (C=O) groups excluding carboxylic acids is 1. The number of nitrogens with one attached hydrogen (secondary N) is 1. The van der Waals surface area contributed by atoms with Gasteiger partial charge in [-0.1, -0.05) is 32.0 Å². The zero-order valence-corrected chi connectivity index (χ0v) is 19.9. The zero-order chi connectivity index (χ0) is 23.4. The van der Waals surface area contributed by atoms with Crippen molar-refractivity contribution < 1.29 is 9.53 Å². The van der Waals surface area contributed by atoms with Crippen LogP contribution in [0.15, 0.2) is 53.6 Å². The van der Waals surface area contributed by atoms with Gasteiger partial charge in [0.25, 0.3) is 11.5 Å². The number of fused-ring (bicyclic) bond motifs is 3. The molecular weight excluding hydrogens is 436 g/mol. The van der Waals surface area contributed by atoms with Crippen molar-refractivity contribution in [3.63, 3.8) is 0 Å². The number of hydrogen-bond donors (Lipinski definition) is 1. The van der Waals surface area contributed by atoms with Crippen molar-refractivity contribution in [2.75, 3.05) is 26.2 Å². The monoisotopic (exact) mass is 464 g/mol. The Bertz CT molecular complexity index is 1330. The van der Waals surface area contributed by atoms with Gasteiger partial charge in [-0.2, -0.15) is 0 Å². The second kappa shape index (κ2) is 10.1. The minimum Gasteiger partial charge on any atom is -0.486 e. The largest absolute Gasteiger partial charge is 0.486 e. The van der Waals surface area contributed by atoms with E-state index in [0.717, 1.165) is 40.8 Å². The van der Waals surface area contributed by atoms with Crippen LogP contribution in [0.1, 0.15) is 29.1 Å². The van der Waals surface area contributed by atoms with Crippen molar-refractivity contribution in [3.05, 3.63) is 69.6 Å². The number of rotatable bonds is 9. The molecule has 1 N–H and O–H groups in total. The molecule has 0 spiro atoms. The fourth-order valence-electron chi connectivity index (χ4n) is 3.90. The lowest BCUT2D eigenvalue weighted by molar-refractivity contribution is 0.0949. The molecule has 7 nitrogen and oxygen atoms in total. The van der Waals surface area contributed by atoms with Crippen LogP contribution in [0.3, 0.4) is 0 Å². The van der Waals surface area contributed by atoms with Gasteiger partial charge >= 0.3 is 0 Å². The molecule has 4 rings (SSSR count). The predicted octanol–water partition coefficient (Wildman–Crippen LogP) is 3.80. The maximum atomic E-state index is 13.3. The standard InChI is InChI=1S/C25H28N4O3S/c1-4-29(5-2)15-14-27-24(30)23-21(32-16-17-10-12-26-13-11-17)20-22(33-23)18-8-6-7-9-19(18)28(3)25(20)31/h6-13H,4-5,14-16H2,1-3H3,(H,27,30). The summed E-state index contributed by atoms with van der Waals surface area (Å²) in [5, 5.41) is 4.39. The molecule has 0 aliphatic carbocycles. The van der Waals surface area contributed by atoms with Crippen LogP contribution in [0.4, 0.5) is 0 Å². The van der Waals surface area contributed by atoms with Crippen LogP contribution in [0, 0.1) is 0 Å². The highest BCUT2D eigenvalue weighted by Crippen LogP contribution is 2.39. The molecule has 1 amide bonds. The molecule has 0 saturated heterocycles. The number of nitrogens with zero attached hydrogens (tertiary/aromatic N) is 3. The molecule has 3 aromatic heterocycles. The maximum absolute atomic E-state index is 13.3. The number of aryl methyl sites for hydroxylation is 1. The highest BCUT2D eigenvalue weighted by atomic mass is 32.1. The summed E-state index contributed by atoms with van der Waals surface area (Å²) in [5.41, 5.74) is 1.56. The molecule has 3 heterocycles. The molecule has 0 saturated carbocycles. The van der Waals surface area contributed by atoms with E-state index in [1.165, 1.54) is 11.3 Å². The van der Waals surface area contributed by atoms with Gasteiger partial charge in [-0.15, -0.1) is 11.3 Å². The van der Waals surface area contributed by atoms with Gasteiger partial charge in [0.1, 0.15) is 16.9 Å². The number of amides is 1. The number of pyridine rings is 2. The van der Waals surface area contributed by atoms with Gasteiger partial charge in [0, 0.05) is 37.9 Å². The fraction of sp³-hybridized carbons (Fsp3) is 0.320. The maximum Gasteiger partial charge on any atom is 0.265 e. The molecule has 33 heavy (non-hydrogen) atoms. The number of likely N-dealkylation sites (N-methyl/N-ethyl adjacent to an activating group) is 1. The molecule has 4 aromatic rings. The predicted molar refractivity (Wildman–Crippen MR) is 133 cm³/mol. The smallest absolute Gasteiger partial charge is 0.265 e. The van der Waals surface area contributed by atoms with Gasteiger partial charge in [-0.25, -0.2) is 0 Å². The topological polar surface area (TPSA) is 76.5 Å². The van der Waals surface area contributed by atoms with Crippen molar-refractivity contribution >= 4 is 38.2 Å². The highest BCUT2D eigenvalue weighted by molar-refractivity contribution is 7.22. The summed E-state index contributed by atoms with van der Waals surface area (Å²) in [6, 6.07) is 11.4. The number of ether oxygens (including phenoxy) is 1. The number of aromatic nitrogens is 2. The second-order valence-electron chi connectivity index (χ2n) is 7.77. The summed E-state index contributed by atoms with van der Waals surface area (Å²) in [5.74, 6) is 0.123. The molecule has 0 radical (unpaired) electrons. The molecule has 0 unspecified atom stereocenters. The van der Waals surface area contributed by atoms with E-state index in [1.807, 2.05) is 36.4 Å². The Morgan fingerprint density at radius 3 is 2.61 bits per heavy atom. The summed E-state index contributed by atoms with van der Waals surface area (Å²) in [7, 11) is 1.75. The molecule has 0 aliphatic heterocycles. The summed E-state index contributed by atoms with van der Waals surface area (Å²) < 4.78 is 8.54. The first-order valence-electron chi connectivity index (χ1n) is 11.1. The van der Waals surface area contributed by atoms with Gasteiger partial charge in [0.15, 0.2) is 5.75 Å². The molecule has 0 atom stereocenters. The van der Waals surface area contributed by atoms with Gasteiger partial charge in [-0.3, -0.25) is 14.6 Å². The van der Waals surface area contributed by atoms with E-state index in [1.54, 1.807) is 24.0 Å². The van der Waals surface area contributed by atoms with Crippen LogP contribution < -0.4 is 15.6 Å². The summed E-state index contributed by atoms with van der Waals surface area (Å²) in [6.07, 6.45) is 3.38. The van der Waals surface area contributed by atoms with Crippen LogP contribution in [-0.2, 0) is 13.7 Å². The molecule has 0 bridgehead atoms. The quantitative estimate of drug-likeness (QED) is 0.408. The normalized spacial score (nSPS) is 11.4. The average molecular weight is 465 g/mol. The van der Waals surface area contributed by atoms with Crippen molar-refractivity contribution in [2.24, 2.45) is 7.05 Å². The lowest BCUT2D eigenvalue weighted by Gasteiger charge is -2.17. The Balaban J connectivity index is 1.77. The van der Waals surface area contributed by atoms with E-state index in [4.69, 9.17) is 4.74 Å². The summed E-state index contributed by atoms with van der Waals surface area (Å²) in [4.78, 5) is 33.3. The van der Waals surface area contributed by atoms with Crippen LogP contribution in [0.2, 0.25) is 0 Å². The van der Waals surface area contributed by atoms with E-state index in [0.29, 0.717) is 22.6 Å². The Labute approximate surface area is 196 Å². The molecule has 0 fully saturated rings. The van der Waals surface area contributed by atoms with Crippen LogP contribution in [-0.4, -0.2) is 46.5 Å². The van der Waals surface area contributed by atoms with E-state index in [-0.39, 0.29) is 18.1 Å². The van der Waals surface area contributed by atoms with E-state index < -0.39 is 0 Å². The lowest BCUT2D eigenvalue weighted by Crippen LogP contribution is -2.34. The minimum absolute atomic E-state index is 0.174. The average Bonchev–Trinajstić information content (AvgIpc) is 3.24. The van der Waals surface area contributed by atoms with Crippen molar-refractivity contribution in [2.45, 2.75) is 20.5 Å². The lowest BCUT2D eigenvalue weighted by atomic mass is 10.1. The summed E-state index contributed by atoms with van der Waals surface area (Å²) >= 11 is 1.31. The van der Waals surface area contributed by atoms with Crippen molar-refractivity contribution in [3.8, 4) is 5.75 Å². The third kappa shape index (κ3) is 4.62. The molecular formula is C25H28N4O3S. The Morgan fingerprint density at radius 2 is 1.88 bits per heavy atom. The van der Waals surface area contributed by atoms with Crippen molar-refractivity contribution in [1.29, 1.82) is 0 Å². The third-order valence-corrected chi connectivity index (χ3v) is 7.04. The number of thiophene rings is 1. The van der Waals surface area contributed by atoms with E-state index in [2.05, 4.69) is 29.0 Å². The van der Waals surface area contributed by atoms with Crippen LogP contribution in [0.25, 0.3) is 21.0 Å². The zero-order valence-electron chi connectivity index (χ0n) is 19.1. The molecule has 8 heteroatoms. The van der Waals surface area contributed by atoms with Gasteiger partial charge in [0.2, 0.25) is 0 Å². The molecule has 172 valence electrons. The first kappa shape index (κ1) is 22.9. The third-order valence-electron chi connectivity index (χ3n) is 5.84. The SMILES string of the molecule is CCN(CC)CCNC(=O)c1sc2c(c1OCc1ccncc1)c(=O)n(C)c1ccccc21. The van der Waals surface area contributed by atoms with Gasteiger partial charge < -0.3 is 19.5 Å². The van der Waals surface area contributed by atoms with Gasteiger partial charge in [0.05, 0.1) is 10.2 Å². The number of carbonyl (C=O) groups is 1. The number of benzene rings is 1. The van der Waals surface area contributed by atoms with E-state index in [9.17, 15) is 9.59 Å². The number of para-hydroxylation sites is 1. The fourth-order valence-corrected chi connectivity index (χ4v) is 5.09. The number of hydrogen-bond acceptors (Lipinski definition) is 6. The minimum atomic E-state index is -0.223. The van der Waals surface area contributed by atoms with Gasteiger partial charge in [-0.05, 0) is 36.9 Å². The van der Waals surface area contributed by atoms with Crippen molar-refractivity contribution in [1.82, 2.24) is 19.8 Å². The van der Waals surface area contributed by atoms with Crippen LogP contribution in [0.5, 0.6) is 5.75 Å². The van der Waals surface area contributed by atoms with Crippen LogP contribution >= 0.6 is 11.3 Å². The first-order valence-corrected chi connectivity index (χ1v) is 11.9. The van der Waals surface area contributed by atoms with E-state index >= 15 is 0 Å². The first-order chi connectivity index (χ1) is 16.0. The Kier molecular flexibility index (Phi) is 7.05. The Hall–Kier alpha value is -3.23.